The topological polar surface area (TPSA) is 84.5 Å². The minimum absolute atomic E-state index is 0.106. The first-order chi connectivity index (χ1) is 18.0. The molecule has 0 spiro atoms. The maximum absolute atomic E-state index is 13.4. The second kappa shape index (κ2) is 12.6. The van der Waals surface area contributed by atoms with Crippen molar-refractivity contribution in [3.8, 4) is 0 Å². The van der Waals surface area contributed by atoms with Gasteiger partial charge < -0.3 is 15.4 Å². The van der Waals surface area contributed by atoms with E-state index in [1.165, 1.54) is 11.8 Å². The largest absolute Gasteiger partial charge is 0.465 e. The number of carbonyl (C=O) groups excluding carboxylic acids is 3. The summed E-state index contributed by atoms with van der Waals surface area (Å²) in [6.07, 6.45) is 1.68. The molecule has 7 heteroatoms. The molecule has 6 nitrogen and oxygen atoms in total. The summed E-state index contributed by atoms with van der Waals surface area (Å²) in [5.74, 6) is -0.985. The molecule has 0 unspecified atom stereocenters. The molecule has 0 saturated carbocycles. The summed E-state index contributed by atoms with van der Waals surface area (Å²) in [6.45, 7) is 2.09. The van der Waals surface area contributed by atoms with Crippen LogP contribution < -0.4 is 10.6 Å². The summed E-state index contributed by atoms with van der Waals surface area (Å²) in [5, 5.41) is 7.63. The number of nitrogens with one attached hydrogen (secondary N) is 2. The van der Waals surface area contributed by atoms with Gasteiger partial charge in [0.2, 0.25) is 0 Å². The number of esters is 1. The molecule has 0 bridgehead atoms. The fraction of sp³-hybridized carbons (Fsp3) is 0.100. The minimum atomic E-state index is -0.468. The molecule has 0 fully saturated rings. The summed E-state index contributed by atoms with van der Waals surface area (Å²) in [5.41, 5.74) is 1.89. The third-order valence-corrected chi connectivity index (χ3v) is 6.37. The quantitative estimate of drug-likeness (QED) is 0.166. The predicted molar refractivity (Wildman–Crippen MR) is 148 cm³/mol. The highest BCUT2D eigenvalue weighted by Gasteiger charge is 2.16. The second-order valence-electron chi connectivity index (χ2n) is 8.02. The van der Waals surface area contributed by atoms with Gasteiger partial charge in [-0.05, 0) is 59.7 Å². The van der Waals surface area contributed by atoms with Crippen LogP contribution in [0, 0.1) is 0 Å². The Kier molecular flexibility index (Phi) is 8.73. The third kappa shape index (κ3) is 7.08. The standard InChI is InChI=1S/C30H26N2O4S/c1-2-36-28(33)20-37-25-16-9-15-24(19-25)31-30(35)27(32-29(34)22-11-4-3-5-12-22)18-23-14-8-13-21-10-6-7-17-26(21)23/h3-19H,2,20H2,1H3,(H,31,35)(H,32,34)/b27-18-. The van der Waals surface area contributed by atoms with Crippen molar-refractivity contribution in [3.63, 3.8) is 0 Å². The van der Waals surface area contributed by atoms with Crippen molar-refractivity contribution in [2.45, 2.75) is 11.8 Å². The van der Waals surface area contributed by atoms with Crippen molar-refractivity contribution < 1.29 is 19.1 Å². The number of anilines is 1. The molecule has 0 heterocycles. The Morgan fingerprint density at radius 2 is 1.59 bits per heavy atom. The molecule has 0 radical (unpaired) electrons. The van der Waals surface area contributed by atoms with E-state index >= 15 is 0 Å². The highest BCUT2D eigenvalue weighted by molar-refractivity contribution is 8.00. The number of rotatable bonds is 9. The number of fused-ring (bicyclic) bond motifs is 1. The van der Waals surface area contributed by atoms with E-state index in [0.29, 0.717) is 17.9 Å². The molecule has 0 aromatic heterocycles. The zero-order valence-corrected chi connectivity index (χ0v) is 21.1. The molecule has 37 heavy (non-hydrogen) atoms. The van der Waals surface area contributed by atoms with Gasteiger partial charge in [-0.25, -0.2) is 0 Å². The van der Waals surface area contributed by atoms with Crippen molar-refractivity contribution in [3.05, 3.63) is 114 Å². The van der Waals surface area contributed by atoms with Crippen LogP contribution in [0.5, 0.6) is 0 Å². The molecule has 0 aliphatic rings. The lowest BCUT2D eigenvalue weighted by Gasteiger charge is -2.13. The first kappa shape index (κ1) is 25.7. The Balaban J connectivity index is 1.60. The first-order valence-electron chi connectivity index (χ1n) is 11.8. The zero-order valence-electron chi connectivity index (χ0n) is 20.3. The summed E-state index contributed by atoms with van der Waals surface area (Å²) in [4.78, 5) is 38.8. The molecular formula is C30H26N2O4S. The molecule has 0 aliphatic carbocycles. The van der Waals surface area contributed by atoms with Crippen LogP contribution >= 0.6 is 11.8 Å². The molecule has 0 atom stereocenters. The van der Waals surface area contributed by atoms with E-state index < -0.39 is 5.91 Å². The van der Waals surface area contributed by atoms with Gasteiger partial charge in [-0.15, -0.1) is 11.8 Å². The molecule has 2 N–H and O–H groups in total. The Bertz CT molecular complexity index is 1450. The number of hydrogen-bond donors (Lipinski definition) is 2. The molecular weight excluding hydrogens is 484 g/mol. The summed E-state index contributed by atoms with van der Waals surface area (Å²) in [6, 6.07) is 29.6. The lowest BCUT2D eigenvalue weighted by atomic mass is 10.0. The van der Waals surface area contributed by atoms with Gasteiger partial charge in [-0.2, -0.15) is 0 Å². The van der Waals surface area contributed by atoms with Gasteiger partial charge in [0.25, 0.3) is 11.8 Å². The average molecular weight is 511 g/mol. The van der Waals surface area contributed by atoms with E-state index in [4.69, 9.17) is 4.74 Å². The molecule has 4 rings (SSSR count). The van der Waals surface area contributed by atoms with Gasteiger partial charge >= 0.3 is 5.97 Å². The molecule has 4 aromatic carbocycles. The fourth-order valence-corrected chi connectivity index (χ4v) is 4.43. The van der Waals surface area contributed by atoms with Crippen molar-refractivity contribution in [2.75, 3.05) is 17.7 Å². The van der Waals surface area contributed by atoms with Crippen molar-refractivity contribution >= 4 is 52.1 Å². The van der Waals surface area contributed by atoms with Crippen LogP contribution in [-0.4, -0.2) is 30.1 Å². The van der Waals surface area contributed by atoms with Gasteiger partial charge in [-0.1, -0.05) is 66.7 Å². The number of ether oxygens (including phenoxy) is 1. The van der Waals surface area contributed by atoms with Crippen LogP contribution in [0.25, 0.3) is 16.8 Å². The minimum Gasteiger partial charge on any atom is -0.465 e. The van der Waals surface area contributed by atoms with Gasteiger partial charge in [0.15, 0.2) is 0 Å². The highest BCUT2D eigenvalue weighted by atomic mass is 32.2. The van der Waals surface area contributed by atoms with Crippen molar-refractivity contribution in [2.24, 2.45) is 0 Å². The van der Waals surface area contributed by atoms with E-state index in [1.54, 1.807) is 55.5 Å². The number of hydrogen-bond acceptors (Lipinski definition) is 5. The van der Waals surface area contributed by atoms with Crippen LogP contribution in [0.15, 0.2) is 108 Å². The Morgan fingerprint density at radius 3 is 2.41 bits per heavy atom. The van der Waals surface area contributed by atoms with Crippen molar-refractivity contribution in [1.29, 1.82) is 0 Å². The van der Waals surface area contributed by atoms with Crippen LogP contribution in [-0.2, 0) is 14.3 Å². The van der Waals surface area contributed by atoms with Crippen LogP contribution in [0.2, 0.25) is 0 Å². The second-order valence-corrected chi connectivity index (χ2v) is 9.07. The van der Waals surface area contributed by atoms with Crippen molar-refractivity contribution in [1.82, 2.24) is 5.32 Å². The van der Waals surface area contributed by atoms with E-state index in [1.807, 2.05) is 54.6 Å². The van der Waals surface area contributed by atoms with Gasteiger partial charge in [0, 0.05) is 16.1 Å². The van der Waals surface area contributed by atoms with E-state index in [-0.39, 0.29) is 23.3 Å². The highest BCUT2D eigenvalue weighted by Crippen LogP contribution is 2.24. The molecule has 4 aromatic rings. The number of amides is 2. The third-order valence-electron chi connectivity index (χ3n) is 5.41. The smallest absolute Gasteiger partial charge is 0.316 e. The molecule has 186 valence electrons. The van der Waals surface area contributed by atoms with Crippen LogP contribution in [0.4, 0.5) is 5.69 Å². The van der Waals surface area contributed by atoms with E-state index in [9.17, 15) is 14.4 Å². The lowest BCUT2D eigenvalue weighted by molar-refractivity contribution is -0.139. The maximum Gasteiger partial charge on any atom is 0.316 e. The number of thioether (sulfide) groups is 1. The fourth-order valence-electron chi connectivity index (χ4n) is 3.68. The summed E-state index contributed by atoms with van der Waals surface area (Å²) in [7, 11) is 0. The lowest BCUT2D eigenvalue weighted by Crippen LogP contribution is -2.30. The number of carbonyl (C=O) groups is 3. The molecule has 0 aliphatic heterocycles. The molecule has 0 saturated heterocycles. The normalized spacial score (nSPS) is 11.1. The monoisotopic (exact) mass is 510 g/mol. The average Bonchev–Trinajstić information content (AvgIpc) is 2.92. The summed E-state index contributed by atoms with van der Waals surface area (Å²) >= 11 is 1.32. The van der Waals surface area contributed by atoms with Crippen LogP contribution in [0.3, 0.4) is 0 Å². The maximum atomic E-state index is 13.4. The van der Waals surface area contributed by atoms with Gasteiger partial charge in [-0.3, -0.25) is 14.4 Å². The Labute approximate surface area is 219 Å². The number of benzene rings is 4. The molecule has 2 amide bonds. The SMILES string of the molecule is CCOC(=O)CSc1cccc(NC(=O)/C(=C/c2cccc3ccccc23)NC(=O)c2ccccc2)c1. The van der Waals surface area contributed by atoms with E-state index in [2.05, 4.69) is 10.6 Å². The van der Waals surface area contributed by atoms with Gasteiger partial charge in [0.1, 0.15) is 5.70 Å². The Hall–Kier alpha value is -4.36. The van der Waals surface area contributed by atoms with Crippen LogP contribution in [0.1, 0.15) is 22.8 Å². The first-order valence-corrected chi connectivity index (χ1v) is 12.8. The van der Waals surface area contributed by atoms with E-state index in [0.717, 1.165) is 21.2 Å². The zero-order chi connectivity index (χ0) is 26.0. The predicted octanol–water partition coefficient (Wildman–Crippen LogP) is 5.90. The Morgan fingerprint density at radius 1 is 0.865 bits per heavy atom. The summed E-state index contributed by atoms with van der Waals surface area (Å²) < 4.78 is 4.97. The van der Waals surface area contributed by atoms with Gasteiger partial charge in [0.05, 0.1) is 12.4 Å².